The van der Waals surface area contributed by atoms with Crippen molar-refractivity contribution in [1.29, 1.82) is 5.41 Å². The third kappa shape index (κ3) is 4.54. The zero-order valence-electron chi connectivity index (χ0n) is 2.82. The SMILES string of the molecule is CSC(=N)[Se]. The minimum absolute atomic E-state index is 0.546. The van der Waals surface area contributed by atoms with Crippen LogP contribution in [0.4, 0.5) is 0 Å². The summed E-state index contributed by atoms with van der Waals surface area (Å²) in [5, 5.41) is 6.65. The van der Waals surface area contributed by atoms with Gasteiger partial charge in [0.25, 0.3) is 0 Å². The van der Waals surface area contributed by atoms with Gasteiger partial charge in [0.2, 0.25) is 0 Å². The molecule has 1 radical (unpaired) electrons. The molecule has 0 heterocycles. The zero-order chi connectivity index (χ0) is 4.28. The first-order valence-corrected chi connectivity index (χ1v) is 3.15. The number of hydrogen-bond donors (Lipinski definition) is 1. The Morgan fingerprint density at radius 1 is 2.00 bits per heavy atom. The van der Waals surface area contributed by atoms with Gasteiger partial charge in [0, 0.05) is 0 Å². The van der Waals surface area contributed by atoms with Crippen molar-refractivity contribution in [2.24, 2.45) is 0 Å². The first kappa shape index (κ1) is 5.54. The normalized spacial score (nSPS) is 7.40. The first-order chi connectivity index (χ1) is 2.27. The van der Waals surface area contributed by atoms with Crippen LogP contribution in [-0.4, -0.2) is 26.2 Å². The van der Waals surface area contributed by atoms with Crippen LogP contribution in [0.5, 0.6) is 0 Å². The molecule has 1 nitrogen and oxygen atoms in total. The molecule has 29 valence electrons. The molecular weight excluding hydrogens is 149 g/mol. The van der Waals surface area contributed by atoms with Gasteiger partial charge in [0.05, 0.1) is 0 Å². The second kappa shape index (κ2) is 2.76. The summed E-state index contributed by atoms with van der Waals surface area (Å²) in [4.78, 5) is 0. The number of hydrogen-bond acceptors (Lipinski definition) is 2. The molecule has 0 amide bonds. The van der Waals surface area contributed by atoms with Crippen molar-refractivity contribution < 1.29 is 0 Å². The zero-order valence-corrected chi connectivity index (χ0v) is 5.35. The number of nitrogens with one attached hydrogen (secondary N) is 1. The molecule has 0 bridgehead atoms. The van der Waals surface area contributed by atoms with E-state index in [9.17, 15) is 0 Å². The third-order valence-corrected chi connectivity index (χ3v) is 1.61. The van der Waals surface area contributed by atoms with Crippen molar-refractivity contribution in [2.45, 2.75) is 0 Å². The van der Waals surface area contributed by atoms with Gasteiger partial charge in [-0.2, -0.15) is 0 Å². The summed E-state index contributed by atoms with van der Waals surface area (Å²) < 4.78 is 0.546. The van der Waals surface area contributed by atoms with Gasteiger partial charge in [-0.1, -0.05) is 0 Å². The van der Waals surface area contributed by atoms with Crippen LogP contribution in [0.15, 0.2) is 0 Å². The molecule has 0 aromatic carbocycles. The molecule has 0 aliphatic carbocycles. The van der Waals surface area contributed by atoms with Crippen molar-refractivity contribution in [3.8, 4) is 0 Å². The van der Waals surface area contributed by atoms with E-state index in [1.54, 1.807) is 0 Å². The van der Waals surface area contributed by atoms with E-state index in [0.717, 1.165) is 0 Å². The molecule has 0 saturated carbocycles. The molecule has 0 rings (SSSR count). The Hall–Kier alpha value is 0.539. The topological polar surface area (TPSA) is 23.9 Å². The summed E-state index contributed by atoms with van der Waals surface area (Å²) in [5.74, 6) is 0. The van der Waals surface area contributed by atoms with Crippen LogP contribution in [0.25, 0.3) is 0 Å². The second-order valence-corrected chi connectivity index (χ2v) is 2.75. The Kier molecular flexibility index (Phi) is 3.06. The Morgan fingerprint density at radius 2 is 2.20 bits per heavy atom. The van der Waals surface area contributed by atoms with E-state index in [4.69, 9.17) is 5.41 Å². The van der Waals surface area contributed by atoms with Crippen molar-refractivity contribution in [2.75, 3.05) is 6.26 Å². The Labute approximate surface area is 43.8 Å². The van der Waals surface area contributed by atoms with Crippen LogP contribution >= 0.6 is 11.8 Å². The molecule has 0 aliphatic heterocycles. The molecule has 0 aromatic heterocycles. The van der Waals surface area contributed by atoms with Crippen molar-refractivity contribution in [3.05, 3.63) is 0 Å². The first-order valence-electron chi connectivity index (χ1n) is 1.07. The predicted molar refractivity (Wildman–Crippen MR) is 27.0 cm³/mol. The van der Waals surface area contributed by atoms with Crippen molar-refractivity contribution in [3.63, 3.8) is 0 Å². The van der Waals surface area contributed by atoms with Crippen LogP contribution in [0.1, 0.15) is 0 Å². The molecule has 5 heavy (non-hydrogen) atoms. The van der Waals surface area contributed by atoms with Crippen LogP contribution in [0.3, 0.4) is 0 Å². The van der Waals surface area contributed by atoms with Gasteiger partial charge in [-0.15, -0.1) is 0 Å². The molecule has 0 spiro atoms. The molecule has 0 fully saturated rings. The number of rotatable bonds is 0. The van der Waals surface area contributed by atoms with Crippen LogP contribution in [-0.2, 0) is 0 Å². The Morgan fingerprint density at radius 3 is 2.20 bits per heavy atom. The van der Waals surface area contributed by atoms with Crippen molar-refractivity contribution in [1.82, 2.24) is 0 Å². The number of thioether (sulfide) groups is 1. The van der Waals surface area contributed by atoms with E-state index in [-0.39, 0.29) is 0 Å². The molecule has 0 unspecified atom stereocenters. The molecule has 0 atom stereocenters. The van der Waals surface area contributed by atoms with Gasteiger partial charge in [-0.05, 0) is 0 Å². The quantitative estimate of drug-likeness (QED) is 0.305. The summed E-state index contributed by atoms with van der Waals surface area (Å²) in [5.41, 5.74) is 0. The van der Waals surface area contributed by atoms with E-state index in [0.29, 0.717) is 3.94 Å². The average molecular weight is 153 g/mol. The van der Waals surface area contributed by atoms with Crippen LogP contribution in [0.2, 0.25) is 0 Å². The molecule has 3 heteroatoms. The minimum atomic E-state index is 0.546. The fourth-order valence-electron chi connectivity index (χ4n) is 0. The Bertz CT molecular complexity index is 44.9. The van der Waals surface area contributed by atoms with Gasteiger partial charge in [0.1, 0.15) is 0 Å². The Balaban J connectivity index is 2.85. The van der Waals surface area contributed by atoms with Gasteiger partial charge < -0.3 is 0 Å². The van der Waals surface area contributed by atoms with Gasteiger partial charge in [-0.3, -0.25) is 0 Å². The fourth-order valence-corrected chi connectivity index (χ4v) is 0. The maximum atomic E-state index is 6.65. The van der Waals surface area contributed by atoms with Gasteiger partial charge in [0.15, 0.2) is 0 Å². The monoisotopic (exact) mass is 154 g/mol. The van der Waals surface area contributed by atoms with E-state index in [1.807, 2.05) is 6.26 Å². The van der Waals surface area contributed by atoms with E-state index in [2.05, 4.69) is 16.0 Å². The molecule has 1 N–H and O–H groups in total. The summed E-state index contributed by atoms with van der Waals surface area (Å²) in [6.07, 6.45) is 1.86. The molecule has 0 saturated heterocycles. The second-order valence-electron chi connectivity index (χ2n) is 0.492. The standard InChI is InChI=1S/C2H4NSSe/c1-4-2(3)5/h3H,1H3. The van der Waals surface area contributed by atoms with E-state index >= 15 is 0 Å². The maximum absolute atomic E-state index is 6.65. The summed E-state index contributed by atoms with van der Waals surface area (Å²) >= 11 is 3.94. The molecular formula is C2H4NSSe. The molecule has 0 aromatic rings. The van der Waals surface area contributed by atoms with E-state index < -0.39 is 0 Å². The molecule has 0 aliphatic rings. The average Bonchev–Trinajstić information content (AvgIpc) is 1.38. The van der Waals surface area contributed by atoms with E-state index in [1.165, 1.54) is 11.8 Å². The predicted octanol–water partition coefficient (Wildman–Crippen LogP) is 0.453. The van der Waals surface area contributed by atoms with Crippen LogP contribution in [0, 0.1) is 5.41 Å². The van der Waals surface area contributed by atoms with Gasteiger partial charge in [-0.25, -0.2) is 0 Å². The summed E-state index contributed by atoms with van der Waals surface area (Å²) in [6, 6.07) is 0. The third-order valence-electron chi connectivity index (χ3n) is 0.185. The summed E-state index contributed by atoms with van der Waals surface area (Å²) in [7, 11) is 0. The fraction of sp³-hybridized carbons (Fsp3) is 0.500. The van der Waals surface area contributed by atoms with Crippen molar-refractivity contribution >= 4 is 31.7 Å². The van der Waals surface area contributed by atoms with Gasteiger partial charge >= 0.3 is 43.4 Å². The van der Waals surface area contributed by atoms with Crippen LogP contribution < -0.4 is 0 Å². The summed E-state index contributed by atoms with van der Waals surface area (Å²) in [6.45, 7) is 0.